The molecule has 19 heteroatoms. The molecule has 3 fully saturated rings. The highest BCUT2D eigenvalue weighted by Gasteiger charge is 2.45. The molecule has 1 atom stereocenters. The summed E-state index contributed by atoms with van der Waals surface area (Å²) in [6.45, 7) is 11.1. The van der Waals surface area contributed by atoms with Gasteiger partial charge in [0, 0.05) is 101 Å². The van der Waals surface area contributed by atoms with Crippen LogP contribution in [-0.2, 0) is 39.8 Å². The van der Waals surface area contributed by atoms with Crippen LogP contribution >= 0.6 is 0 Å². The SMILES string of the molecule is COCCNc1ncc2c(-c3ccc(CN4CCN(CCOCCOCCOCCOCCNc5cccc6c5C(=O)N(C5CCC(=O)NC5=O)C6=O)CC4)cc3)cn(C3CCC(O)CC3)c2n1. The minimum Gasteiger partial charge on any atom is -0.393 e. The van der Waals surface area contributed by atoms with Gasteiger partial charge in [-0.2, -0.15) is 4.98 Å². The maximum Gasteiger partial charge on any atom is 0.264 e. The lowest BCUT2D eigenvalue weighted by atomic mass is 9.93. The van der Waals surface area contributed by atoms with Crippen LogP contribution in [0.25, 0.3) is 22.2 Å². The van der Waals surface area contributed by atoms with Crippen molar-refractivity contribution >= 4 is 46.3 Å². The number of piperidine rings is 1. The average molecular weight is 940 g/mol. The van der Waals surface area contributed by atoms with E-state index in [4.69, 9.17) is 28.7 Å². The summed E-state index contributed by atoms with van der Waals surface area (Å²) >= 11 is 0. The first-order valence-corrected chi connectivity index (χ1v) is 24.0. The Hall–Kier alpha value is -5.38. The third-order valence-electron chi connectivity index (χ3n) is 13.1. The standard InChI is InChI=1S/C49H65N9O10/c1-64-22-15-51-49-52-31-39-40(33-57(45(39)54-49)36-9-11-37(59)12-10-36)35-7-5-34(6-8-35)32-56-19-17-55(18-20-56)21-24-66-26-28-68-30-29-67-27-25-65-23-16-50-41-4-2-3-38-44(41)48(63)58(47(38)62)42-13-14-43(60)53-46(42)61/h2-8,31,33,36-37,42,50,59H,9-30,32H2,1H3,(H,51,52,54)(H,53,60,61). The van der Waals surface area contributed by atoms with Gasteiger partial charge in [-0.3, -0.25) is 39.2 Å². The number of piperazine rings is 1. The van der Waals surface area contributed by atoms with E-state index < -0.39 is 29.7 Å². The molecule has 4 aromatic rings. The fraction of sp³-hybridized carbons (Fsp3) is 0.551. The van der Waals surface area contributed by atoms with E-state index in [0.717, 1.165) is 92.0 Å². The van der Waals surface area contributed by atoms with E-state index in [-0.39, 0.29) is 36.1 Å². The monoisotopic (exact) mass is 939 g/mol. The van der Waals surface area contributed by atoms with Crippen molar-refractivity contribution in [2.75, 3.05) is 123 Å². The Labute approximate surface area is 396 Å². The van der Waals surface area contributed by atoms with Gasteiger partial charge in [-0.15, -0.1) is 0 Å². The molecule has 1 saturated carbocycles. The molecular formula is C49H65N9O10. The third kappa shape index (κ3) is 12.4. The summed E-state index contributed by atoms with van der Waals surface area (Å²) in [5, 5.41) is 19.8. The van der Waals surface area contributed by atoms with Gasteiger partial charge in [0.15, 0.2) is 0 Å². The molecule has 68 heavy (non-hydrogen) atoms. The lowest BCUT2D eigenvalue weighted by molar-refractivity contribution is -0.136. The Morgan fingerprint density at radius 2 is 1.41 bits per heavy atom. The zero-order valence-corrected chi connectivity index (χ0v) is 39.0. The van der Waals surface area contributed by atoms with Crippen molar-refractivity contribution in [2.24, 2.45) is 0 Å². The number of fused-ring (bicyclic) bond motifs is 2. The van der Waals surface area contributed by atoms with Gasteiger partial charge in [-0.25, -0.2) is 4.98 Å². The third-order valence-corrected chi connectivity index (χ3v) is 13.1. The maximum absolute atomic E-state index is 13.2. The Kier molecular flexibility index (Phi) is 17.5. The van der Waals surface area contributed by atoms with E-state index in [1.54, 1.807) is 25.3 Å². The molecule has 0 radical (unpaired) electrons. The molecule has 1 aliphatic carbocycles. The molecule has 5 heterocycles. The Balaban J connectivity index is 0.652. The number of ether oxygens (including phenoxy) is 5. The zero-order chi connectivity index (χ0) is 47.2. The molecular weight excluding hydrogens is 875 g/mol. The average Bonchev–Trinajstić information content (AvgIpc) is 3.85. The number of methoxy groups -OCH3 is 1. The van der Waals surface area contributed by atoms with E-state index in [0.29, 0.717) is 84.2 Å². The van der Waals surface area contributed by atoms with Crippen LogP contribution < -0.4 is 16.0 Å². The van der Waals surface area contributed by atoms with E-state index in [1.807, 2.05) is 6.20 Å². The highest BCUT2D eigenvalue weighted by atomic mass is 16.6. The number of imide groups is 2. The molecule has 2 saturated heterocycles. The number of carbonyl (C=O) groups excluding carboxylic acids is 4. The minimum atomic E-state index is -1.01. The Bertz CT molecular complexity index is 2330. The topological polar surface area (TPSA) is 211 Å². The molecule has 4 amide bonds. The number of aliphatic hydroxyl groups is 1. The van der Waals surface area contributed by atoms with E-state index in [9.17, 15) is 24.3 Å². The maximum atomic E-state index is 13.2. The summed E-state index contributed by atoms with van der Waals surface area (Å²) < 4.78 is 30.3. The van der Waals surface area contributed by atoms with E-state index >= 15 is 0 Å². The van der Waals surface area contributed by atoms with Crippen molar-refractivity contribution in [2.45, 2.75) is 63.3 Å². The number of aromatic nitrogens is 3. The van der Waals surface area contributed by atoms with Gasteiger partial charge in [0.1, 0.15) is 11.7 Å². The number of nitrogens with one attached hydrogen (secondary N) is 3. The van der Waals surface area contributed by atoms with Gasteiger partial charge in [-0.05, 0) is 55.4 Å². The predicted molar refractivity (Wildman–Crippen MR) is 253 cm³/mol. The number of aliphatic hydroxyl groups excluding tert-OH is 1. The van der Waals surface area contributed by atoms with Crippen LogP contribution in [0.3, 0.4) is 0 Å². The summed E-state index contributed by atoms with van der Waals surface area (Å²) in [5.74, 6) is -1.56. The second-order valence-corrected chi connectivity index (χ2v) is 17.6. The van der Waals surface area contributed by atoms with Crippen LogP contribution in [-0.4, -0.2) is 183 Å². The molecule has 1 unspecified atom stereocenters. The molecule has 0 bridgehead atoms. The molecule has 2 aromatic heterocycles. The number of hydrogen-bond acceptors (Lipinski definition) is 16. The zero-order valence-electron chi connectivity index (χ0n) is 39.0. The van der Waals surface area contributed by atoms with Crippen LogP contribution in [0, 0.1) is 0 Å². The first-order chi connectivity index (χ1) is 33.3. The van der Waals surface area contributed by atoms with Crippen molar-refractivity contribution in [3.8, 4) is 11.1 Å². The van der Waals surface area contributed by atoms with Crippen molar-refractivity contribution in [3.05, 3.63) is 71.5 Å². The van der Waals surface area contributed by atoms with E-state index in [1.165, 1.54) is 5.56 Å². The smallest absolute Gasteiger partial charge is 0.264 e. The number of nitrogens with zero attached hydrogens (tertiary/aromatic N) is 6. The highest BCUT2D eigenvalue weighted by molar-refractivity contribution is 6.25. The van der Waals surface area contributed by atoms with Crippen LogP contribution in [0.2, 0.25) is 0 Å². The quantitative estimate of drug-likeness (QED) is 0.0555. The number of rotatable bonds is 25. The summed E-state index contributed by atoms with van der Waals surface area (Å²) in [6, 6.07) is 13.1. The number of hydrogen-bond donors (Lipinski definition) is 4. The largest absolute Gasteiger partial charge is 0.393 e. The Morgan fingerprint density at radius 1 is 0.735 bits per heavy atom. The van der Waals surface area contributed by atoms with Crippen molar-refractivity contribution in [1.82, 2.24) is 34.6 Å². The van der Waals surface area contributed by atoms with Crippen molar-refractivity contribution in [1.29, 1.82) is 0 Å². The van der Waals surface area contributed by atoms with Crippen LogP contribution in [0.15, 0.2) is 54.9 Å². The minimum absolute atomic E-state index is 0.0676. The molecule has 8 rings (SSSR count). The summed E-state index contributed by atoms with van der Waals surface area (Å²) in [7, 11) is 1.68. The van der Waals surface area contributed by atoms with Crippen molar-refractivity contribution in [3.63, 3.8) is 0 Å². The van der Waals surface area contributed by atoms with Crippen LogP contribution in [0.5, 0.6) is 0 Å². The summed E-state index contributed by atoms with van der Waals surface area (Å²) in [6.07, 6.45) is 7.56. The van der Waals surface area contributed by atoms with Gasteiger partial charge >= 0.3 is 0 Å². The van der Waals surface area contributed by atoms with Gasteiger partial charge < -0.3 is 44.0 Å². The highest BCUT2D eigenvalue weighted by Crippen LogP contribution is 2.37. The second kappa shape index (κ2) is 24.3. The van der Waals surface area contributed by atoms with Crippen molar-refractivity contribution < 1.29 is 48.0 Å². The molecule has 4 N–H and O–H groups in total. The molecule has 0 spiro atoms. The summed E-state index contributed by atoms with van der Waals surface area (Å²) in [5.41, 5.74) is 5.40. The van der Waals surface area contributed by atoms with Gasteiger partial charge in [0.25, 0.3) is 11.8 Å². The first-order valence-electron chi connectivity index (χ1n) is 24.0. The van der Waals surface area contributed by atoms with E-state index in [2.05, 4.69) is 65.8 Å². The van der Waals surface area contributed by atoms with Gasteiger partial charge in [-0.1, -0.05) is 30.3 Å². The number of amides is 4. The number of carbonyl (C=O) groups is 4. The lowest BCUT2D eigenvalue weighted by Gasteiger charge is -2.34. The molecule has 2 aromatic carbocycles. The summed E-state index contributed by atoms with van der Waals surface area (Å²) in [4.78, 5) is 65.7. The first kappa shape index (κ1) is 49.1. The lowest BCUT2D eigenvalue weighted by Crippen LogP contribution is -2.54. The fourth-order valence-electron chi connectivity index (χ4n) is 9.32. The van der Waals surface area contributed by atoms with Crippen LogP contribution in [0.1, 0.15) is 70.8 Å². The predicted octanol–water partition coefficient (Wildman–Crippen LogP) is 3.33. The van der Waals surface area contributed by atoms with Gasteiger partial charge in [0.2, 0.25) is 17.8 Å². The normalized spacial score (nSPS) is 20.3. The Morgan fingerprint density at radius 3 is 2.12 bits per heavy atom. The number of benzene rings is 2. The van der Waals surface area contributed by atoms with Crippen LogP contribution in [0.4, 0.5) is 11.6 Å². The molecule has 3 aliphatic heterocycles. The molecule has 4 aliphatic rings. The van der Waals surface area contributed by atoms with Gasteiger partial charge in [0.05, 0.1) is 76.7 Å². The molecule has 366 valence electrons. The number of anilines is 2. The molecule has 19 nitrogen and oxygen atoms in total. The fourth-order valence-corrected chi connectivity index (χ4v) is 9.32. The second-order valence-electron chi connectivity index (χ2n) is 17.6.